The molecule has 0 aromatic heterocycles. The third-order valence-corrected chi connectivity index (χ3v) is 4.33. The minimum absolute atomic E-state index is 0.208. The van der Waals surface area contributed by atoms with Gasteiger partial charge < -0.3 is 14.8 Å². The second-order valence-corrected chi connectivity index (χ2v) is 5.88. The summed E-state index contributed by atoms with van der Waals surface area (Å²) in [4.78, 5) is 14.9. The standard InChI is InChI=1S/C16H24Cl2N2O3/c1-6-20(7-2)10(3)9-19-16(21)13-14(22-4)11(17)8-12(18)15(13)23-5/h8,10H,6-7,9H2,1-5H3,(H,19,21). The van der Waals surface area contributed by atoms with E-state index in [0.29, 0.717) is 6.54 Å². The van der Waals surface area contributed by atoms with Gasteiger partial charge >= 0.3 is 0 Å². The van der Waals surface area contributed by atoms with Crippen LogP contribution in [0.3, 0.4) is 0 Å². The maximum atomic E-state index is 12.6. The van der Waals surface area contributed by atoms with Crippen molar-refractivity contribution in [3.05, 3.63) is 21.7 Å². The second kappa shape index (κ2) is 9.21. The van der Waals surface area contributed by atoms with Crippen molar-refractivity contribution in [1.82, 2.24) is 10.2 Å². The number of hydrogen-bond donors (Lipinski definition) is 1. The van der Waals surface area contributed by atoms with E-state index in [2.05, 4.69) is 31.0 Å². The molecule has 0 aliphatic rings. The van der Waals surface area contributed by atoms with Gasteiger partial charge in [0.15, 0.2) is 11.5 Å². The number of benzene rings is 1. The highest BCUT2D eigenvalue weighted by Crippen LogP contribution is 2.40. The molecule has 1 N–H and O–H groups in total. The number of nitrogens with zero attached hydrogens (tertiary/aromatic N) is 1. The molecule has 23 heavy (non-hydrogen) atoms. The number of nitrogens with one attached hydrogen (secondary N) is 1. The van der Waals surface area contributed by atoms with E-state index in [-0.39, 0.29) is 39.1 Å². The molecule has 1 unspecified atom stereocenters. The van der Waals surface area contributed by atoms with Gasteiger partial charge in [0.25, 0.3) is 5.91 Å². The van der Waals surface area contributed by atoms with Gasteiger partial charge in [0, 0.05) is 12.6 Å². The van der Waals surface area contributed by atoms with Crippen LogP contribution >= 0.6 is 23.2 Å². The fourth-order valence-corrected chi connectivity index (χ4v) is 3.11. The average molecular weight is 363 g/mol. The van der Waals surface area contributed by atoms with Gasteiger partial charge in [-0.1, -0.05) is 37.0 Å². The van der Waals surface area contributed by atoms with Gasteiger partial charge in [-0.05, 0) is 26.1 Å². The Labute approximate surface area is 147 Å². The van der Waals surface area contributed by atoms with Crippen LogP contribution < -0.4 is 14.8 Å². The first-order valence-corrected chi connectivity index (χ1v) is 8.28. The molecule has 0 fully saturated rings. The number of carbonyl (C=O) groups is 1. The fraction of sp³-hybridized carbons (Fsp3) is 0.562. The van der Waals surface area contributed by atoms with E-state index in [1.54, 1.807) is 0 Å². The van der Waals surface area contributed by atoms with Crippen molar-refractivity contribution in [3.8, 4) is 11.5 Å². The number of halogens is 2. The van der Waals surface area contributed by atoms with Gasteiger partial charge in [-0.2, -0.15) is 0 Å². The Morgan fingerprint density at radius 1 is 1.17 bits per heavy atom. The molecule has 1 aromatic carbocycles. The molecular weight excluding hydrogens is 339 g/mol. The lowest BCUT2D eigenvalue weighted by atomic mass is 10.1. The Balaban J connectivity index is 3.03. The van der Waals surface area contributed by atoms with E-state index >= 15 is 0 Å². The third kappa shape index (κ3) is 4.66. The number of rotatable bonds is 8. The van der Waals surface area contributed by atoms with Gasteiger partial charge in [0.1, 0.15) is 5.56 Å². The topological polar surface area (TPSA) is 50.8 Å². The molecule has 1 amide bonds. The van der Waals surface area contributed by atoms with E-state index < -0.39 is 0 Å². The summed E-state index contributed by atoms with van der Waals surface area (Å²) in [7, 11) is 2.90. The van der Waals surface area contributed by atoms with Crippen LogP contribution in [0.1, 0.15) is 31.1 Å². The lowest BCUT2D eigenvalue weighted by Crippen LogP contribution is -2.42. The lowest BCUT2D eigenvalue weighted by Gasteiger charge is -2.26. The summed E-state index contributed by atoms with van der Waals surface area (Å²) in [5, 5.41) is 3.42. The van der Waals surface area contributed by atoms with Gasteiger partial charge in [0.05, 0.1) is 24.3 Å². The normalized spacial score (nSPS) is 12.2. The highest BCUT2D eigenvalue weighted by molar-refractivity contribution is 6.37. The van der Waals surface area contributed by atoms with Crippen molar-refractivity contribution in [2.24, 2.45) is 0 Å². The SMILES string of the molecule is CCN(CC)C(C)CNC(=O)c1c(OC)c(Cl)cc(Cl)c1OC. The Morgan fingerprint density at radius 2 is 1.65 bits per heavy atom. The summed E-state index contributed by atoms with van der Waals surface area (Å²) >= 11 is 12.2. The molecule has 130 valence electrons. The second-order valence-electron chi connectivity index (χ2n) is 5.06. The Morgan fingerprint density at radius 3 is 2.04 bits per heavy atom. The molecule has 0 radical (unpaired) electrons. The first kappa shape index (κ1) is 19.9. The molecule has 1 rings (SSSR count). The highest BCUT2D eigenvalue weighted by Gasteiger charge is 2.24. The van der Waals surface area contributed by atoms with Crippen LogP contribution in [0.2, 0.25) is 10.0 Å². The molecule has 0 bridgehead atoms. The smallest absolute Gasteiger partial charge is 0.259 e. The van der Waals surface area contributed by atoms with E-state index in [4.69, 9.17) is 32.7 Å². The maximum Gasteiger partial charge on any atom is 0.259 e. The number of hydrogen-bond acceptors (Lipinski definition) is 4. The highest BCUT2D eigenvalue weighted by atomic mass is 35.5. The number of methoxy groups -OCH3 is 2. The van der Waals surface area contributed by atoms with Crippen LogP contribution in [-0.4, -0.2) is 50.7 Å². The van der Waals surface area contributed by atoms with Crippen LogP contribution in [-0.2, 0) is 0 Å². The maximum absolute atomic E-state index is 12.6. The number of ether oxygens (including phenoxy) is 2. The Bertz CT molecular complexity index is 520. The van der Waals surface area contributed by atoms with Gasteiger partial charge in [-0.15, -0.1) is 0 Å². The number of likely N-dealkylation sites (N-methyl/N-ethyl adjacent to an activating group) is 1. The van der Waals surface area contributed by atoms with Crippen molar-refractivity contribution >= 4 is 29.1 Å². The molecule has 0 aliphatic heterocycles. The van der Waals surface area contributed by atoms with Crippen LogP contribution in [0.15, 0.2) is 6.07 Å². The zero-order chi connectivity index (χ0) is 17.6. The van der Waals surface area contributed by atoms with Crippen molar-refractivity contribution in [1.29, 1.82) is 0 Å². The van der Waals surface area contributed by atoms with Crippen LogP contribution in [0.5, 0.6) is 11.5 Å². The fourth-order valence-electron chi connectivity index (χ4n) is 2.49. The minimum Gasteiger partial charge on any atom is -0.494 e. The Hall–Kier alpha value is -1.17. The predicted molar refractivity (Wildman–Crippen MR) is 94.3 cm³/mol. The molecule has 5 nitrogen and oxygen atoms in total. The monoisotopic (exact) mass is 362 g/mol. The zero-order valence-electron chi connectivity index (χ0n) is 14.2. The molecular formula is C16H24Cl2N2O3. The molecule has 0 spiro atoms. The summed E-state index contributed by atoms with van der Waals surface area (Å²) < 4.78 is 10.5. The molecule has 1 atom stereocenters. The van der Waals surface area contributed by atoms with Gasteiger partial charge in [-0.3, -0.25) is 9.69 Å². The quantitative estimate of drug-likeness (QED) is 0.769. The first-order valence-electron chi connectivity index (χ1n) is 7.53. The van der Waals surface area contributed by atoms with Gasteiger partial charge in [-0.25, -0.2) is 0 Å². The van der Waals surface area contributed by atoms with E-state index in [1.165, 1.54) is 20.3 Å². The summed E-state index contributed by atoms with van der Waals surface area (Å²) in [6.45, 7) is 8.57. The lowest BCUT2D eigenvalue weighted by molar-refractivity contribution is 0.0931. The number of carbonyl (C=O) groups excluding carboxylic acids is 1. The predicted octanol–water partition coefficient (Wildman–Crippen LogP) is 3.47. The van der Waals surface area contributed by atoms with Crippen molar-refractivity contribution < 1.29 is 14.3 Å². The number of amides is 1. The van der Waals surface area contributed by atoms with Crippen molar-refractivity contribution in [3.63, 3.8) is 0 Å². The molecule has 7 heteroatoms. The molecule has 0 heterocycles. The summed E-state index contributed by atoms with van der Waals surface area (Å²) in [5.74, 6) is 0.170. The van der Waals surface area contributed by atoms with Crippen molar-refractivity contribution in [2.45, 2.75) is 26.8 Å². The van der Waals surface area contributed by atoms with E-state index in [0.717, 1.165) is 13.1 Å². The zero-order valence-corrected chi connectivity index (χ0v) is 15.7. The third-order valence-electron chi connectivity index (χ3n) is 3.77. The minimum atomic E-state index is -0.331. The molecule has 0 saturated carbocycles. The van der Waals surface area contributed by atoms with E-state index in [1.807, 2.05) is 0 Å². The largest absolute Gasteiger partial charge is 0.494 e. The first-order chi connectivity index (χ1) is 10.9. The van der Waals surface area contributed by atoms with Crippen LogP contribution in [0.25, 0.3) is 0 Å². The molecule has 0 saturated heterocycles. The van der Waals surface area contributed by atoms with Crippen LogP contribution in [0.4, 0.5) is 0 Å². The average Bonchev–Trinajstić information content (AvgIpc) is 2.53. The molecule has 0 aliphatic carbocycles. The van der Waals surface area contributed by atoms with E-state index in [9.17, 15) is 4.79 Å². The van der Waals surface area contributed by atoms with Gasteiger partial charge in [0.2, 0.25) is 0 Å². The Kier molecular flexibility index (Phi) is 7.95. The summed E-state index contributed by atoms with van der Waals surface area (Å²) in [5.41, 5.74) is 0.208. The summed E-state index contributed by atoms with van der Waals surface area (Å²) in [6, 6.07) is 1.70. The molecule has 1 aromatic rings. The van der Waals surface area contributed by atoms with Crippen molar-refractivity contribution in [2.75, 3.05) is 33.9 Å². The summed E-state index contributed by atoms with van der Waals surface area (Å²) in [6.07, 6.45) is 0. The van der Waals surface area contributed by atoms with Crippen LogP contribution in [0, 0.1) is 0 Å².